The van der Waals surface area contributed by atoms with E-state index >= 15 is 0 Å². The number of Topliss-reactive ketones (excluding diaryl/α,β-unsaturated/α-hetero) is 1. The second kappa shape index (κ2) is 9.73. The standard InChI is InChI=1S/C27H23N5O8S/c1-27(2)9-16-22(18(33)10-27)21(15-7-19-20(40-12-39-19)8-17(15)32(37)38)23-24(28-16)29-26(30-25(23)34)41-11-13-3-5-14(6-4-13)31(35)36/h3-8,21H,9-12H2,1-2H3,(H2,28,29,30,34). The number of hydrogen-bond acceptors (Lipinski definition) is 11. The number of non-ortho nitro benzene ring substituents is 1. The molecule has 2 N–H and O–H groups in total. The Morgan fingerprint density at radius 2 is 1.76 bits per heavy atom. The maximum Gasteiger partial charge on any atom is 0.277 e. The first-order valence-electron chi connectivity index (χ1n) is 12.6. The predicted molar refractivity (Wildman–Crippen MR) is 147 cm³/mol. The lowest BCUT2D eigenvalue weighted by atomic mass is 9.69. The number of nitrogens with zero attached hydrogens (tertiary/aromatic N) is 3. The van der Waals surface area contributed by atoms with Crippen molar-refractivity contribution in [1.29, 1.82) is 0 Å². The zero-order valence-electron chi connectivity index (χ0n) is 21.9. The molecule has 210 valence electrons. The molecule has 3 heterocycles. The molecule has 3 aromatic rings. The molecular weight excluding hydrogens is 554 g/mol. The Morgan fingerprint density at radius 3 is 2.44 bits per heavy atom. The van der Waals surface area contributed by atoms with Crippen LogP contribution in [0.5, 0.6) is 11.5 Å². The molecule has 13 nitrogen and oxygen atoms in total. The Balaban J connectivity index is 1.45. The normalized spacial score (nSPS) is 18.4. The van der Waals surface area contributed by atoms with Gasteiger partial charge < -0.3 is 19.8 Å². The number of ketones is 1. The van der Waals surface area contributed by atoms with Crippen LogP contribution in [0.15, 0.2) is 57.6 Å². The van der Waals surface area contributed by atoms with Crippen LogP contribution in [0.3, 0.4) is 0 Å². The molecule has 0 radical (unpaired) electrons. The average molecular weight is 578 g/mol. The van der Waals surface area contributed by atoms with Gasteiger partial charge >= 0.3 is 0 Å². The van der Waals surface area contributed by atoms with Crippen molar-refractivity contribution in [2.75, 3.05) is 12.1 Å². The predicted octanol–water partition coefficient (Wildman–Crippen LogP) is 4.81. The number of rotatable bonds is 6. The van der Waals surface area contributed by atoms with Gasteiger partial charge in [0.05, 0.1) is 27.4 Å². The summed E-state index contributed by atoms with van der Waals surface area (Å²) in [7, 11) is 0. The molecule has 1 aliphatic carbocycles. The van der Waals surface area contributed by atoms with E-state index in [1.165, 1.54) is 36.0 Å². The fourth-order valence-corrected chi connectivity index (χ4v) is 6.29. The van der Waals surface area contributed by atoms with E-state index in [1.54, 1.807) is 12.1 Å². The first-order valence-corrected chi connectivity index (χ1v) is 13.6. The van der Waals surface area contributed by atoms with Gasteiger partial charge in [0.1, 0.15) is 5.82 Å². The van der Waals surface area contributed by atoms with Crippen LogP contribution in [0.25, 0.3) is 0 Å². The minimum atomic E-state index is -1.05. The van der Waals surface area contributed by atoms with E-state index < -0.39 is 21.3 Å². The summed E-state index contributed by atoms with van der Waals surface area (Å²) in [4.78, 5) is 56.7. The van der Waals surface area contributed by atoms with Crippen LogP contribution in [-0.4, -0.2) is 32.4 Å². The minimum absolute atomic E-state index is 0.0269. The van der Waals surface area contributed by atoms with E-state index in [2.05, 4.69) is 15.3 Å². The molecule has 0 bridgehead atoms. The number of nitrogens with one attached hydrogen (secondary N) is 2. The van der Waals surface area contributed by atoms with Crippen molar-refractivity contribution < 1.29 is 24.1 Å². The largest absolute Gasteiger partial charge is 0.454 e. The van der Waals surface area contributed by atoms with E-state index in [0.29, 0.717) is 23.4 Å². The summed E-state index contributed by atoms with van der Waals surface area (Å²) in [5, 5.41) is 26.6. The molecule has 0 saturated heterocycles. The van der Waals surface area contributed by atoms with Gasteiger partial charge in [0.15, 0.2) is 22.4 Å². The van der Waals surface area contributed by atoms with Crippen LogP contribution >= 0.6 is 11.8 Å². The fraction of sp³-hybridized carbons (Fsp3) is 0.296. The molecule has 14 heteroatoms. The van der Waals surface area contributed by atoms with Gasteiger partial charge in [0, 0.05) is 41.1 Å². The Kier molecular flexibility index (Phi) is 6.29. The van der Waals surface area contributed by atoms with E-state index in [0.717, 1.165) is 5.56 Å². The molecule has 0 amide bonds. The van der Waals surface area contributed by atoms with Gasteiger partial charge in [-0.25, -0.2) is 4.98 Å². The number of anilines is 1. The number of nitro benzene ring substituents is 2. The molecular formula is C27H23N5O8S. The van der Waals surface area contributed by atoms with Crippen molar-refractivity contribution in [1.82, 2.24) is 9.97 Å². The number of hydrogen-bond donors (Lipinski definition) is 2. The van der Waals surface area contributed by atoms with Crippen molar-refractivity contribution >= 4 is 34.7 Å². The van der Waals surface area contributed by atoms with Gasteiger partial charge in [0.2, 0.25) is 6.79 Å². The highest BCUT2D eigenvalue weighted by atomic mass is 32.2. The van der Waals surface area contributed by atoms with Crippen molar-refractivity contribution in [2.45, 2.75) is 43.5 Å². The summed E-state index contributed by atoms with van der Waals surface area (Å²) in [6, 6.07) is 8.78. The number of aromatic nitrogens is 2. The maximum atomic E-state index is 13.6. The fourth-order valence-electron chi connectivity index (χ4n) is 5.47. The minimum Gasteiger partial charge on any atom is -0.454 e. The monoisotopic (exact) mass is 577 g/mol. The summed E-state index contributed by atoms with van der Waals surface area (Å²) in [6.07, 6.45) is 0.689. The molecule has 0 saturated carbocycles. The van der Waals surface area contributed by atoms with E-state index in [4.69, 9.17) is 9.47 Å². The highest BCUT2D eigenvalue weighted by Crippen LogP contribution is 2.51. The number of carbonyl (C=O) groups is 1. The Morgan fingerprint density at radius 1 is 1.05 bits per heavy atom. The molecule has 1 aromatic heterocycles. The quantitative estimate of drug-likeness (QED) is 0.178. The SMILES string of the molecule is CC1(C)CC(=O)C2=C(C1)Nc1nc(SCc3ccc([N+](=O)[O-])cc3)[nH]c(=O)c1C2c1cc2c(cc1[N+](=O)[O-])OCO2. The number of H-pyrrole nitrogens is 1. The maximum absolute atomic E-state index is 13.6. The molecule has 1 unspecified atom stereocenters. The van der Waals surface area contributed by atoms with Crippen molar-refractivity contribution in [3.8, 4) is 11.5 Å². The summed E-state index contributed by atoms with van der Waals surface area (Å²) in [6.45, 7) is 3.82. The van der Waals surface area contributed by atoms with E-state index in [9.17, 15) is 29.8 Å². The number of benzene rings is 2. The van der Waals surface area contributed by atoms with Crippen LogP contribution in [0.1, 0.15) is 49.3 Å². The number of thioether (sulfide) groups is 1. The van der Waals surface area contributed by atoms with Crippen molar-refractivity contribution in [2.24, 2.45) is 5.41 Å². The topological polar surface area (TPSA) is 180 Å². The lowest BCUT2D eigenvalue weighted by Gasteiger charge is -2.38. The summed E-state index contributed by atoms with van der Waals surface area (Å²) in [5.41, 5.74) is 0.647. The molecule has 0 spiro atoms. The van der Waals surface area contributed by atoms with Crippen LogP contribution < -0.4 is 20.3 Å². The molecule has 41 heavy (non-hydrogen) atoms. The number of fused-ring (bicyclic) bond motifs is 2. The Labute approximate surface area is 236 Å². The van der Waals surface area contributed by atoms with Crippen LogP contribution in [-0.2, 0) is 10.5 Å². The molecule has 1 atom stereocenters. The second-order valence-corrected chi connectivity index (χ2v) is 11.7. The number of nitro groups is 2. The zero-order chi connectivity index (χ0) is 29.1. The van der Waals surface area contributed by atoms with Crippen LogP contribution in [0.2, 0.25) is 0 Å². The summed E-state index contributed by atoms with van der Waals surface area (Å²) < 4.78 is 10.8. The summed E-state index contributed by atoms with van der Waals surface area (Å²) >= 11 is 1.22. The average Bonchev–Trinajstić information content (AvgIpc) is 3.37. The molecule has 2 aromatic carbocycles. The highest BCUT2D eigenvalue weighted by molar-refractivity contribution is 7.98. The van der Waals surface area contributed by atoms with Crippen LogP contribution in [0, 0.1) is 25.6 Å². The van der Waals surface area contributed by atoms with E-state index in [-0.39, 0.29) is 69.4 Å². The second-order valence-electron chi connectivity index (χ2n) is 10.8. The van der Waals surface area contributed by atoms with E-state index in [1.807, 2.05) is 13.8 Å². The first kappa shape index (κ1) is 26.5. The number of carbonyl (C=O) groups excluding carboxylic acids is 1. The number of ether oxygens (including phenoxy) is 2. The number of aromatic amines is 1. The van der Waals surface area contributed by atoms with Crippen molar-refractivity contribution in [3.63, 3.8) is 0 Å². The van der Waals surface area contributed by atoms with Crippen LogP contribution in [0.4, 0.5) is 17.2 Å². The third-order valence-electron chi connectivity index (χ3n) is 7.25. The smallest absolute Gasteiger partial charge is 0.277 e. The highest BCUT2D eigenvalue weighted by Gasteiger charge is 2.45. The van der Waals surface area contributed by atoms with Gasteiger partial charge in [-0.1, -0.05) is 37.7 Å². The lowest BCUT2D eigenvalue weighted by Crippen LogP contribution is -2.37. The molecule has 6 rings (SSSR count). The van der Waals surface area contributed by atoms with Gasteiger partial charge in [-0.05, 0) is 23.5 Å². The Hall–Kier alpha value is -4.72. The molecule has 0 fully saturated rings. The molecule has 2 aliphatic heterocycles. The molecule has 3 aliphatic rings. The first-order chi connectivity index (χ1) is 19.5. The number of allylic oxidation sites excluding steroid dienone is 2. The summed E-state index contributed by atoms with van der Waals surface area (Å²) in [5.74, 6) is -0.176. The third kappa shape index (κ3) is 4.79. The van der Waals surface area contributed by atoms with Gasteiger partial charge in [-0.15, -0.1) is 0 Å². The van der Waals surface area contributed by atoms with Gasteiger partial charge in [-0.3, -0.25) is 29.8 Å². The van der Waals surface area contributed by atoms with Gasteiger partial charge in [0.25, 0.3) is 16.9 Å². The Bertz CT molecular complexity index is 1730. The third-order valence-corrected chi connectivity index (χ3v) is 8.20. The zero-order valence-corrected chi connectivity index (χ0v) is 22.7. The van der Waals surface area contributed by atoms with Crippen molar-refractivity contribution in [3.05, 3.63) is 94.9 Å². The van der Waals surface area contributed by atoms with Gasteiger partial charge in [-0.2, -0.15) is 0 Å². The lowest BCUT2D eigenvalue weighted by molar-refractivity contribution is -0.385.